The fourth-order valence-corrected chi connectivity index (χ4v) is 3.45. The van der Waals surface area contributed by atoms with Gasteiger partial charge in [-0.3, -0.25) is 4.79 Å². The maximum Gasteiger partial charge on any atom is 0.252 e. The molecule has 27 heavy (non-hydrogen) atoms. The van der Waals surface area contributed by atoms with Gasteiger partial charge in [-0.2, -0.15) is 0 Å². The summed E-state index contributed by atoms with van der Waals surface area (Å²) in [5.74, 6) is 0.981. The number of carbonyl (C=O) groups excluding carboxylic acids is 1. The smallest absolute Gasteiger partial charge is 0.252 e. The standard InChI is InChI=1S/C21H21N3O3/c1-26-17-7-6-14-11-16(5-4-15(14)12-17)19-13-24(9-10-27-19)21-18(20(22)25)3-2-8-23-21/h2-8,11-12,19H,9-10,13H2,1H3,(H2,22,25). The van der Waals surface area contributed by atoms with Gasteiger partial charge >= 0.3 is 0 Å². The number of rotatable bonds is 4. The third-order valence-electron chi connectivity index (χ3n) is 4.86. The van der Waals surface area contributed by atoms with Crippen molar-refractivity contribution in [2.75, 3.05) is 31.7 Å². The van der Waals surface area contributed by atoms with E-state index in [0.717, 1.165) is 22.1 Å². The zero-order chi connectivity index (χ0) is 18.8. The molecule has 1 aromatic heterocycles. The predicted molar refractivity (Wildman–Crippen MR) is 104 cm³/mol. The Balaban J connectivity index is 1.62. The first-order chi connectivity index (χ1) is 13.2. The Morgan fingerprint density at radius 1 is 1.22 bits per heavy atom. The number of hydrogen-bond acceptors (Lipinski definition) is 5. The Kier molecular flexibility index (Phi) is 4.64. The SMILES string of the molecule is COc1ccc2cc(C3CN(c4ncccc4C(N)=O)CCO3)ccc2c1. The number of carbonyl (C=O) groups is 1. The lowest BCUT2D eigenvalue weighted by Gasteiger charge is -2.34. The summed E-state index contributed by atoms with van der Waals surface area (Å²) in [5.41, 5.74) is 7.03. The number of aromatic nitrogens is 1. The van der Waals surface area contributed by atoms with Gasteiger partial charge in [-0.15, -0.1) is 0 Å². The van der Waals surface area contributed by atoms with Crippen molar-refractivity contribution in [3.05, 3.63) is 65.9 Å². The largest absolute Gasteiger partial charge is 0.497 e. The fourth-order valence-electron chi connectivity index (χ4n) is 3.45. The summed E-state index contributed by atoms with van der Waals surface area (Å²) < 4.78 is 11.3. The second-order valence-electron chi connectivity index (χ2n) is 6.52. The number of pyridine rings is 1. The molecule has 3 aromatic rings. The molecular weight excluding hydrogens is 342 g/mol. The summed E-state index contributed by atoms with van der Waals surface area (Å²) in [7, 11) is 1.66. The summed E-state index contributed by atoms with van der Waals surface area (Å²) in [6.07, 6.45) is 1.57. The molecule has 2 N–H and O–H groups in total. The van der Waals surface area contributed by atoms with Crippen LogP contribution in [0.4, 0.5) is 5.82 Å². The number of hydrogen-bond donors (Lipinski definition) is 1. The molecule has 0 saturated carbocycles. The number of fused-ring (bicyclic) bond motifs is 1. The van der Waals surface area contributed by atoms with Gasteiger partial charge in [0.15, 0.2) is 0 Å². The van der Waals surface area contributed by atoms with E-state index in [2.05, 4.69) is 28.1 Å². The molecule has 0 bridgehead atoms. The number of nitrogens with zero attached hydrogens (tertiary/aromatic N) is 2. The molecule has 2 aromatic carbocycles. The highest BCUT2D eigenvalue weighted by molar-refractivity contribution is 5.97. The van der Waals surface area contributed by atoms with E-state index in [4.69, 9.17) is 15.2 Å². The molecule has 138 valence electrons. The summed E-state index contributed by atoms with van der Waals surface area (Å²) in [6, 6.07) is 15.7. The highest BCUT2D eigenvalue weighted by Crippen LogP contribution is 2.30. The van der Waals surface area contributed by atoms with Gasteiger partial charge < -0.3 is 20.1 Å². The van der Waals surface area contributed by atoms with Crippen LogP contribution in [0.1, 0.15) is 22.0 Å². The summed E-state index contributed by atoms with van der Waals surface area (Å²) >= 11 is 0. The quantitative estimate of drug-likeness (QED) is 0.771. The fraction of sp³-hybridized carbons (Fsp3) is 0.238. The number of benzene rings is 2. The maximum absolute atomic E-state index is 11.7. The van der Waals surface area contributed by atoms with Gasteiger partial charge in [-0.1, -0.05) is 18.2 Å². The van der Waals surface area contributed by atoms with Gasteiger partial charge in [-0.05, 0) is 46.7 Å². The van der Waals surface area contributed by atoms with Crippen LogP contribution < -0.4 is 15.4 Å². The van der Waals surface area contributed by atoms with E-state index >= 15 is 0 Å². The lowest BCUT2D eigenvalue weighted by atomic mass is 10.0. The second kappa shape index (κ2) is 7.25. The van der Waals surface area contributed by atoms with E-state index in [1.54, 1.807) is 25.4 Å². The highest BCUT2D eigenvalue weighted by Gasteiger charge is 2.25. The predicted octanol–water partition coefficient (Wildman–Crippen LogP) is 2.92. The molecular formula is C21H21N3O3. The third-order valence-corrected chi connectivity index (χ3v) is 4.86. The van der Waals surface area contributed by atoms with E-state index in [1.807, 2.05) is 18.2 Å². The molecule has 1 saturated heterocycles. The van der Waals surface area contributed by atoms with Crippen LogP contribution in [-0.4, -0.2) is 37.7 Å². The molecule has 6 nitrogen and oxygen atoms in total. The Morgan fingerprint density at radius 2 is 2.04 bits per heavy atom. The number of anilines is 1. The van der Waals surface area contributed by atoms with Gasteiger partial charge in [0.2, 0.25) is 0 Å². The highest BCUT2D eigenvalue weighted by atomic mass is 16.5. The van der Waals surface area contributed by atoms with Gasteiger partial charge in [0, 0.05) is 19.3 Å². The third kappa shape index (κ3) is 3.44. The molecule has 0 aliphatic carbocycles. The van der Waals surface area contributed by atoms with E-state index < -0.39 is 5.91 Å². The normalized spacial score (nSPS) is 17.1. The van der Waals surface area contributed by atoms with Crippen LogP contribution in [0, 0.1) is 0 Å². The van der Waals surface area contributed by atoms with Gasteiger partial charge in [0.1, 0.15) is 17.7 Å². The minimum absolute atomic E-state index is 0.104. The van der Waals surface area contributed by atoms with Crippen molar-refractivity contribution in [3.63, 3.8) is 0 Å². The maximum atomic E-state index is 11.7. The van der Waals surface area contributed by atoms with Crippen LogP contribution in [0.3, 0.4) is 0 Å². The zero-order valence-corrected chi connectivity index (χ0v) is 15.1. The van der Waals surface area contributed by atoms with Crippen molar-refractivity contribution in [2.45, 2.75) is 6.10 Å². The first-order valence-electron chi connectivity index (χ1n) is 8.85. The molecule has 1 amide bonds. The molecule has 1 aliphatic heterocycles. The zero-order valence-electron chi connectivity index (χ0n) is 15.1. The lowest BCUT2D eigenvalue weighted by Crippen LogP contribution is -2.40. The topological polar surface area (TPSA) is 77.7 Å². The Labute approximate surface area is 157 Å². The molecule has 6 heteroatoms. The van der Waals surface area contributed by atoms with Crippen LogP contribution >= 0.6 is 0 Å². The summed E-state index contributed by atoms with van der Waals surface area (Å²) in [4.78, 5) is 18.2. The van der Waals surface area contributed by atoms with Crippen LogP contribution in [0.25, 0.3) is 10.8 Å². The number of ether oxygens (including phenoxy) is 2. The second-order valence-corrected chi connectivity index (χ2v) is 6.52. The van der Waals surface area contributed by atoms with E-state index in [1.165, 1.54) is 0 Å². The summed E-state index contributed by atoms with van der Waals surface area (Å²) in [6.45, 7) is 1.83. The Bertz CT molecular complexity index is 989. The van der Waals surface area contributed by atoms with Gasteiger partial charge in [0.25, 0.3) is 5.91 Å². The molecule has 2 heterocycles. The average molecular weight is 363 g/mol. The van der Waals surface area contributed by atoms with Crippen molar-refractivity contribution in [2.24, 2.45) is 5.73 Å². The van der Waals surface area contributed by atoms with Crippen molar-refractivity contribution in [1.82, 2.24) is 4.98 Å². The van der Waals surface area contributed by atoms with E-state index in [-0.39, 0.29) is 6.10 Å². The van der Waals surface area contributed by atoms with Crippen LogP contribution in [0.2, 0.25) is 0 Å². The van der Waals surface area contributed by atoms with Crippen molar-refractivity contribution < 1.29 is 14.3 Å². The van der Waals surface area contributed by atoms with Crippen molar-refractivity contribution >= 4 is 22.5 Å². The Morgan fingerprint density at radius 3 is 2.85 bits per heavy atom. The van der Waals surface area contributed by atoms with Gasteiger partial charge in [-0.25, -0.2) is 4.98 Å². The number of methoxy groups -OCH3 is 1. The number of primary amides is 1. The summed E-state index contributed by atoms with van der Waals surface area (Å²) in [5, 5.41) is 2.25. The molecule has 1 fully saturated rings. The molecule has 1 unspecified atom stereocenters. The van der Waals surface area contributed by atoms with Crippen LogP contribution in [-0.2, 0) is 4.74 Å². The monoisotopic (exact) mass is 363 g/mol. The minimum atomic E-state index is -0.471. The van der Waals surface area contributed by atoms with Crippen LogP contribution in [0.15, 0.2) is 54.7 Å². The number of morpholine rings is 1. The molecule has 1 atom stereocenters. The molecule has 4 rings (SSSR count). The van der Waals surface area contributed by atoms with E-state index in [9.17, 15) is 4.79 Å². The van der Waals surface area contributed by atoms with E-state index in [0.29, 0.717) is 31.1 Å². The lowest BCUT2D eigenvalue weighted by molar-refractivity contribution is 0.0395. The first kappa shape index (κ1) is 17.3. The van der Waals surface area contributed by atoms with Crippen molar-refractivity contribution in [3.8, 4) is 5.75 Å². The first-order valence-corrected chi connectivity index (χ1v) is 8.85. The number of nitrogens with two attached hydrogens (primary N) is 1. The minimum Gasteiger partial charge on any atom is -0.497 e. The average Bonchev–Trinajstić information content (AvgIpc) is 2.73. The molecule has 1 aliphatic rings. The Hall–Kier alpha value is -3.12. The molecule has 0 spiro atoms. The van der Waals surface area contributed by atoms with Crippen LogP contribution in [0.5, 0.6) is 5.75 Å². The van der Waals surface area contributed by atoms with Gasteiger partial charge in [0.05, 0.1) is 19.3 Å². The molecule has 0 radical (unpaired) electrons. The number of amides is 1. The van der Waals surface area contributed by atoms with Crippen molar-refractivity contribution in [1.29, 1.82) is 0 Å².